The fraction of sp³-hybridized carbons (Fsp3) is 0.387. The van der Waals surface area contributed by atoms with Crippen LogP contribution in [0, 0.1) is 0 Å². The van der Waals surface area contributed by atoms with E-state index >= 15 is 0 Å². The molecule has 21 heteroatoms. The third kappa shape index (κ3) is 12.4. The number of carbonyl (C=O) groups is 3. The van der Waals surface area contributed by atoms with Crippen molar-refractivity contribution in [3.05, 3.63) is 83.4 Å². The molecule has 6 atom stereocenters. The maximum atomic E-state index is 13.3. The second kappa shape index (κ2) is 18.9. The molecule has 3 aromatic rings. The monoisotopic (exact) mass is 769 g/mol. The lowest BCUT2D eigenvalue weighted by Gasteiger charge is -2.24. The van der Waals surface area contributed by atoms with Crippen LogP contribution >= 0.6 is 15.6 Å². The molecule has 1 aromatic heterocycles. The molecule has 0 spiro atoms. The molecule has 3 unspecified atom stereocenters. The molecule has 1 fully saturated rings. The minimum Gasteiger partial charge on any atom is -0.424 e. The smallest absolute Gasteiger partial charge is 0.424 e. The molecular weight excluding hydrogens is 732 g/mol. The number of amides is 1. The van der Waals surface area contributed by atoms with E-state index in [1.54, 1.807) is 43.3 Å². The molecule has 282 valence electrons. The number of hydrogen-bond acceptors (Lipinski definition) is 15. The second-order valence-corrected chi connectivity index (χ2v) is 13.9. The van der Waals surface area contributed by atoms with Gasteiger partial charge in [-0.1, -0.05) is 56.7 Å². The van der Waals surface area contributed by atoms with Crippen molar-refractivity contribution in [3.63, 3.8) is 0 Å². The lowest BCUT2D eigenvalue weighted by molar-refractivity contribution is -0.116. The summed E-state index contributed by atoms with van der Waals surface area (Å²) in [5.41, 5.74) is -1.03. The zero-order chi connectivity index (χ0) is 37.7. The van der Waals surface area contributed by atoms with Gasteiger partial charge in [-0.2, -0.15) is 9.29 Å². The predicted molar refractivity (Wildman–Crippen MR) is 178 cm³/mol. The molecule has 19 nitrogen and oxygen atoms in total. The maximum Gasteiger partial charge on any atom is 0.514 e. The first-order chi connectivity index (χ1) is 24.8. The highest BCUT2D eigenvalue weighted by molar-refractivity contribution is 7.61. The van der Waals surface area contributed by atoms with Crippen LogP contribution in [0.5, 0.6) is 11.5 Å². The number of phosphoric acid groups is 2. The van der Waals surface area contributed by atoms with Crippen molar-refractivity contribution >= 4 is 39.7 Å². The summed E-state index contributed by atoms with van der Waals surface area (Å²) in [6.45, 7) is 2.20. The average Bonchev–Trinajstić information content (AvgIpc) is 3.41. The Kier molecular flexibility index (Phi) is 14.6. The van der Waals surface area contributed by atoms with Gasteiger partial charge in [0.2, 0.25) is 5.91 Å². The highest BCUT2D eigenvalue weighted by Gasteiger charge is 2.53. The number of unbranched alkanes of at least 4 members (excludes halogenated alkanes) is 1. The number of nitrogens with zero attached hydrogens (tertiary/aromatic N) is 2. The van der Waals surface area contributed by atoms with E-state index in [1.165, 1.54) is 30.3 Å². The van der Waals surface area contributed by atoms with Gasteiger partial charge in [-0.15, -0.1) is 0 Å². The number of ether oxygens (including phenoxy) is 5. The molecule has 1 aliphatic heterocycles. The van der Waals surface area contributed by atoms with Gasteiger partial charge in [-0.25, -0.2) is 23.5 Å². The number of hydrogen-bond donors (Lipinski definition) is 3. The molecule has 1 aliphatic rings. The number of anilines is 1. The summed E-state index contributed by atoms with van der Waals surface area (Å²) in [5.74, 6) is -0.382. The Balaban J connectivity index is 1.66. The largest absolute Gasteiger partial charge is 0.514 e. The van der Waals surface area contributed by atoms with E-state index in [0.29, 0.717) is 6.42 Å². The van der Waals surface area contributed by atoms with Crippen molar-refractivity contribution < 1.29 is 70.3 Å². The van der Waals surface area contributed by atoms with Crippen molar-refractivity contribution in [1.29, 1.82) is 0 Å². The topological polar surface area (TPSA) is 247 Å². The number of rotatable bonds is 17. The lowest BCUT2D eigenvalue weighted by Crippen LogP contribution is -2.43. The molecule has 2 aromatic carbocycles. The Bertz CT molecular complexity index is 1810. The Morgan fingerprint density at radius 3 is 1.98 bits per heavy atom. The van der Waals surface area contributed by atoms with Crippen LogP contribution in [0.4, 0.5) is 15.4 Å². The van der Waals surface area contributed by atoms with Crippen molar-refractivity contribution in [2.45, 2.75) is 64.1 Å². The van der Waals surface area contributed by atoms with Crippen LogP contribution in [0.25, 0.3) is 0 Å². The Hall–Kier alpha value is -4.45. The zero-order valence-electron chi connectivity index (χ0n) is 27.9. The summed E-state index contributed by atoms with van der Waals surface area (Å²) < 4.78 is 66.8. The van der Waals surface area contributed by atoms with Crippen LogP contribution in [0.15, 0.2) is 77.7 Å². The van der Waals surface area contributed by atoms with Crippen molar-refractivity contribution in [1.82, 2.24) is 9.55 Å². The molecule has 0 radical (unpaired) electrons. The van der Waals surface area contributed by atoms with E-state index in [-0.39, 0.29) is 42.7 Å². The molecule has 3 N–H and O–H groups in total. The number of nitrogens with one attached hydrogen (secondary N) is 1. The van der Waals surface area contributed by atoms with E-state index < -0.39 is 64.8 Å². The van der Waals surface area contributed by atoms with Gasteiger partial charge in [-0.05, 0) is 43.2 Å². The van der Waals surface area contributed by atoms with Gasteiger partial charge in [0, 0.05) is 12.6 Å². The summed E-state index contributed by atoms with van der Waals surface area (Å²) in [4.78, 5) is 75.5. The van der Waals surface area contributed by atoms with Gasteiger partial charge in [0.15, 0.2) is 18.4 Å². The number of benzene rings is 2. The Morgan fingerprint density at radius 1 is 0.846 bits per heavy atom. The van der Waals surface area contributed by atoms with Crippen LogP contribution in [0.1, 0.15) is 45.8 Å². The summed E-state index contributed by atoms with van der Waals surface area (Å²) >= 11 is 0. The molecule has 1 amide bonds. The van der Waals surface area contributed by atoms with Gasteiger partial charge in [0.05, 0.1) is 13.2 Å². The average molecular weight is 770 g/mol. The first-order valence-corrected chi connectivity index (χ1v) is 18.9. The summed E-state index contributed by atoms with van der Waals surface area (Å²) in [6.07, 6.45) is -6.65. The van der Waals surface area contributed by atoms with E-state index in [2.05, 4.69) is 19.1 Å². The van der Waals surface area contributed by atoms with E-state index in [0.717, 1.165) is 17.2 Å². The van der Waals surface area contributed by atoms with Crippen molar-refractivity contribution in [3.8, 4) is 11.5 Å². The van der Waals surface area contributed by atoms with Crippen LogP contribution < -0.4 is 20.5 Å². The summed E-state index contributed by atoms with van der Waals surface area (Å²) in [5, 5.41) is 2.50. The van der Waals surface area contributed by atoms with E-state index in [1.807, 2.05) is 6.92 Å². The minimum absolute atomic E-state index is 0.0488. The maximum absolute atomic E-state index is 13.3. The molecular formula is C31H37N3O16P2. The summed E-state index contributed by atoms with van der Waals surface area (Å²) in [6, 6.07) is 16.6. The van der Waals surface area contributed by atoms with Gasteiger partial charge >= 0.3 is 33.6 Å². The molecule has 2 heterocycles. The van der Waals surface area contributed by atoms with Crippen molar-refractivity contribution in [2.75, 3.05) is 18.5 Å². The third-order valence-corrected chi connectivity index (χ3v) is 9.47. The Morgan fingerprint density at radius 2 is 1.42 bits per heavy atom. The number of carbonyl (C=O) groups excluding carboxylic acids is 3. The van der Waals surface area contributed by atoms with E-state index in [9.17, 15) is 38.1 Å². The van der Waals surface area contributed by atoms with Crippen molar-refractivity contribution in [2.24, 2.45) is 0 Å². The quantitative estimate of drug-likeness (QED) is 0.0918. The third-order valence-electron chi connectivity index (χ3n) is 6.83. The highest BCUT2D eigenvalue weighted by Crippen LogP contribution is 2.60. The zero-order valence-corrected chi connectivity index (χ0v) is 29.7. The Labute approximate surface area is 296 Å². The molecule has 0 bridgehead atoms. The highest BCUT2D eigenvalue weighted by atomic mass is 31.3. The lowest BCUT2D eigenvalue weighted by atomic mass is 10.1. The van der Waals surface area contributed by atoms with Crippen LogP contribution in [0.2, 0.25) is 0 Å². The first-order valence-electron chi connectivity index (χ1n) is 15.9. The SMILES string of the molecule is CCCCC(=O)Nc1ccn([C@@H]2O[C@H](COP(=O)(O)OP(=O)(O)OCCC)C(OC(=O)Oc3ccccc3)[C@@H]2OC(=O)Oc2ccccc2)c(=O)n1. The minimum atomic E-state index is -5.39. The van der Waals surface area contributed by atoms with Gasteiger partial charge in [-0.3, -0.25) is 18.4 Å². The van der Waals surface area contributed by atoms with Gasteiger partial charge in [0.1, 0.15) is 23.4 Å². The van der Waals surface area contributed by atoms with Crippen LogP contribution in [0.3, 0.4) is 0 Å². The summed E-state index contributed by atoms with van der Waals surface area (Å²) in [7, 11) is -10.5. The fourth-order valence-electron chi connectivity index (χ4n) is 4.54. The first kappa shape index (κ1) is 40.3. The standard InChI is InChI=1S/C31H37N3O16P2/c1-3-5-16-25(35)32-24-17-18-34(29(36)33-24)28-27(49-31(38)46-22-14-10-7-11-15-22)26(48-30(37)45-21-12-8-6-9-13-21)23(47-28)20-44-52(41,42)50-51(39,40)43-19-4-2/h6-15,17-18,23,26-28H,3-5,16,19-20H2,1-2H3,(H,39,40)(H,41,42)(H,32,33,35,36)/t23-,26?,27+,28-/m1/s1. The second-order valence-electron chi connectivity index (χ2n) is 10.9. The molecule has 4 rings (SSSR count). The van der Waals surface area contributed by atoms with Crippen LogP contribution in [-0.2, 0) is 41.5 Å². The molecule has 0 aliphatic carbocycles. The number of phosphoric ester groups is 2. The molecule has 1 saturated heterocycles. The molecule has 52 heavy (non-hydrogen) atoms. The van der Waals surface area contributed by atoms with Gasteiger partial charge < -0.3 is 38.8 Å². The van der Waals surface area contributed by atoms with E-state index in [4.69, 9.17) is 28.2 Å². The fourth-order valence-corrected chi connectivity index (χ4v) is 6.71. The van der Waals surface area contributed by atoms with Gasteiger partial charge in [0.25, 0.3) is 0 Å². The number of para-hydroxylation sites is 2. The predicted octanol–water partition coefficient (Wildman–Crippen LogP) is 5.10. The number of aromatic nitrogens is 2. The normalized spacial score (nSPS) is 20.5. The van der Waals surface area contributed by atoms with Crippen LogP contribution in [-0.4, -0.2) is 69.1 Å². The molecule has 0 saturated carbocycles.